The van der Waals surface area contributed by atoms with Crippen LogP contribution < -0.4 is 4.90 Å². The summed E-state index contributed by atoms with van der Waals surface area (Å²) in [5.74, 6) is 0.696. The topological polar surface area (TPSA) is 69.5 Å². The summed E-state index contributed by atoms with van der Waals surface area (Å²) >= 11 is 0. The number of carbonyl (C=O) groups excluding carboxylic acids is 1. The first-order chi connectivity index (χ1) is 10.8. The Labute approximate surface area is 129 Å². The highest BCUT2D eigenvalue weighted by molar-refractivity contribution is 5.72. The Morgan fingerprint density at radius 2 is 2.14 bits per heavy atom. The number of carbonyl (C=O) groups is 1. The number of nitrogens with zero attached hydrogens (tertiary/aromatic N) is 4. The van der Waals surface area contributed by atoms with E-state index in [4.69, 9.17) is 4.74 Å². The molecule has 2 aliphatic heterocycles. The number of ether oxygens (including phenoxy) is 1. The number of anilines is 1. The molecular formula is C16H18N4O2. The SMILES string of the molecule is N#Cc1cccnc1N1C[C@H]2OC(=O)N(C3CCCC3)[C@H]2C1. The molecule has 6 heteroatoms. The van der Waals surface area contributed by atoms with Crippen molar-refractivity contribution >= 4 is 11.9 Å². The van der Waals surface area contributed by atoms with E-state index in [1.165, 1.54) is 12.8 Å². The van der Waals surface area contributed by atoms with Gasteiger partial charge in [0.2, 0.25) is 0 Å². The lowest BCUT2D eigenvalue weighted by molar-refractivity contribution is 0.130. The summed E-state index contributed by atoms with van der Waals surface area (Å²) < 4.78 is 5.57. The van der Waals surface area contributed by atoms with Crippen molar-refractivity contribution in [3.05, 3.63) is 23.9 Å². The molecule has 0 radical (unpaired) electrons. The van der Waals surface area contributed by atoms with E-state index in [1.54, 1.807) is 18.3 Å². The first-order valence-electron chi connectivity index (χ1n) is 7.87. The first-order valence-corrected chi connectivity index (χ1v) is 7.87. The van der Waals surface area contributed by atoms with Gasteiger partial charge < -0.3 is 9.64 Å². The predicted molar refractivity (Wildman–Crippen MR) is 79.3 cm³/mol. The number of amides is 1. The van der Waals surface area contributed by atoms with E-state index in [0.717, 1.165) is 12.8 Å². The fourth-order valence-electron chi connectivity index (χ4n) is 3.98. The van der Waals surface area contributed by atoms with Gasteiger partial charge >= 0.3 is 6.09 Å². The fraction of sp³-hybridized carbons (Fsp3) is 0.562. The van der Waals surface area contributed by atoms with Gasteiger partial charge in [-0.1, -0.05) is 12.8 Å². The minimum Gasteiger partial charge on any atom is -0.442 e. The van der Waals surface area contributed by atoms with E-state index in [9.17, 15) is 10.1 Å². The third-order valence-corrected chi connectivity index (χ3v) is 4.98. The molecule has 22 heavy (non-hydrogen) atoms. The molecule has 2 saturated heterocycles. The van der Waals surface area contributed by atoms with Gasteiger partial charge in [-0.25, -0.2) is 9.78 Å². The molecule has 114 valence electrons. The highest BCUT2D eigenvalue weighted by Gasteiger charge is 2.50. The van der Waals surface area contributed by atoms with Crippen molar-refractivity contribution in [1.82, 2.24) is 9.88 Å². The predicted octanol–water partition coefficient (Wildman–Crippen LogP) is 1.91. The summed E-state index contributed by atoms with van der Waals surface area (Å²) in [6.07, 6.45) is 5.95. The van der Waals surface area contributed by atoms with Gasteiger partial charge in [-0.2, -0.15) is 5.26 Å². The van der Waals surface area contributed by atoms with Crippen LogP contribution in [0.1, 0.15) is 31.2 Å². The average molecular weight is 298 g/mol. The maximum absolute atomic E-state index is 12.2. The maximum atomic E-state index is 12.2. The molecule has 6 nitrogen and oxygen atoms in total. The number of aromatic nitrogens is 1. The lowest BCUT2D eigenvalue weighted by Crippen LogP contribution is -2.44. The zero-order chi connectivity index (χ0) is 15.1. The van der Waals surface area contributed by atoms with Crippen molar-refractivity contribution in [2.24, 2.45) is 0 Å². The van der Waals surface area contributed by atoms with Crippen LogP contribution in [-0.4, -0.2) is 47.3 Å². The number of fused-ring (bicyclic) bond motifs is 1. The van der Waals surface area contributed by atoms with Gasteiger partial charge in [-0.05, 0) is 25.0 Å². The summed E-state index contributed by atoms with van der Waals surface area (Å²) in [7, 11) is 0. The van der Waals surface area contributed by atoms with Crippen molar-refractivity contribution < 1.29 is 9.53 Å². The minimum absolute atomic E-state index is 0.0872. The molecule has 1 aromatic rings. The Morgan fingerprint density at radius 3 is 2.91 bits per heavy atom. The lowest BCUT2D eigenvalue weighted by atomic mass is 10.1. The molecule has 0 spiro atoms. The van der Waals surface area contributed by atoms with Crippen LogP contribution in [0, 0.1) is 11.3 Å². The van der Waals surface area contributed by atoms with Gasteiger partial charge in [0.15, 0.2) is 0 Å². The van der Waals surface area contributed by atoms with Gasteiger partial charge in [0, 0.05) is 18.8 Å². The molecule has 0 unspecified atom stereocenters. The van der Waals surface area contributed by atoms with Gasteiger partial charge in [0.05, 0.1) is 18.2 Å². The molecule has 3 heterocycles. The Kier molecular flexibility index (Phi) is 3.14. The van der Waals surface area contributed by atoms with Gasteiger partial charge in [0.25, 0.3) is 0 Å². The number of hydrogen-bond acceptors (Lipinski definition) is 5. The molecule has 0 bridgehead atoms. The monoisotopic (exact) mass is 298 g/mol. The second-order valence-electron chi connectivity index (χ2n) is 6.23. The Hall–Kier alpha value is -2.29. The average Bonchev–Trinajstić information content (AvgIpc) is 3.23. The molecule has 4 rings (SSSR count). The minimum atomic E-state index is -0.164. The molecular weight excluding hydrogens is 280 g/mol. The normalized spacial score (nSPS) is 27.9. The summed E-state index contributed by atoms with van der Waals surface area (Å²) in [6.45, 7) is 1.31. The smallest absolute Gasteiger partial charge is 0.410 e. The standard InChI is InChI=1S/C16H18N4O2/c17-8-11-4-3-7-18-15(11)19-9-13-14(10-19)22-16(21)20(13)12-5-1-2-6-12/h3-4,7,12-14H,1-2,5-6,9-10H2/t13-,14+/m0/s1. The van der Waals surface area contributed by atoms with Gasteiger partial charge in [-0.3, -0.25) is 4.90 Å². The summed E-state index contributed by atoms with van der Waals surface area (Å²) in [5, 5.41) is 9.24. The Balaban J connectivity index is 1.57. The fourth-order valence-corrected chi connectivity index (χ4v) is 3.98. The molecule has 3 aliphatic rings. The quantitative estimate of drug-likeness (QED) is 0.834. The highest BCUT2D eigenvalue weighted by Crippen LogP contribution is 2.35. The number of nitriles is 1. The van der Waals surface area contributed by atoms with E-state index in [1.807, 2.05) is 4.90 Å². The van der Waals surface area contributed by atoms with Crippen molar-refractivity contribution in [1.29, 1.82) is 5.26 Å². The van der Waals surface area contributed by atoms with E-state index in [0.29, 0.717) is 30.5 Å². The molecule has 0 N–H and O–H groups in total. The summed E-state index contributed by atoms with van der Waals surface area (Å²) in [5.41, 5.74) is 0.571. The van der Waals surface area contributed by atoms with Crippen molar-refractivity contribution in [3.63, 3.8) is 0 Å². The summed E-state index contributed by atoms with van der Waals surface area (Å²) in [4.78, 5) is 20.5. The van der Waals surface area contributed by atoms with Gasteiger partial charge in [0.1, 0.15) is 18.0 Å². The summed E-state index contributed by atoms with van der Waals surface area (Å²) in [6, 6.07) is 6.14. The van der Waals surface area contributed by atoms with Crippen LogP contribution in [0.25, 0.3) is 0 Å². The van der Waals surface area contributed by atoms with Crippen LogP contribution in [-0.2, 0) is 4.74 Å². The third-order valence-electron chi connectivity index (χ3n) is 4.98. The van der Waals surface area contributed by atoms with E-state index >= 15 is 0 Å². The molecule has 3 fully saturated rings. The zero-order valence-electron chi connectivity index (χ0n) is 12.3. The molecule has 1 aliphatic carbocycles. The van der Waals surface area contributed by atoms with Crippen molar-refractivity contribution in [3.8, 4) is 6.07 Å². The van der Waals surface area contributed by atoms with Crippen LogP contribution in [0.4, 0.5) is 10.6 Å². The third kappa shape index (κ3) is 2.00. The van der Waals surface area contributed by atoms with Crippen LogP contribution in [0.5, 0.6) is 0 Å². The van der Waals surface area contributed by atoms with Crippen LogP contribution in [0.15, 0.2) is 18.3 Å². The Bertz CT molecular complexity index is 635. The van der Waals surface area contributed by atoms with Crippen LogP contribution in [0.2, 0.25) is 0 Å². The van der Waals surface area contributed by atoms with Crippen molar-refractivity contribution in [2.45, 2.75) is 43.9 Å². The zero-order valence-corrected chi connectivity index (χ0v) is 12.3. The first kappa shape index (κ1) is 13.4. The second kappa shape index (κ2) is 5.16. The number of rotatable bonds is 2. The van der Waals surface area contributed by atoms with Crippen molar-refractivity contribution in [2.75, 3.05) is 18.0 Å². The van der Waals surface area contributed by atoms with Gasteiger partial charge in [-0.15, -0.1) is 0 Å². The largest absolute Gasteiger partial charge is 0.442 e. The molecule has 1 saturated carbocycles. The second-order valence-corrected chi connectivity index (χ2v) is 6.23. The molecule has 0 aromatic carbocycles. The molecule has 1 aromatic heterocycles. The highest BCUT2D eigenvalue weighted by atomic mass is 16.6. The van der Waals surface area contributed by atoms with E-state index in [-0.39, 0.29) is 18.2 Å². The molecule has 1 amide bonds. The number of hydrogen-bond donors (Lipinski definition) is 0. The van der Waals surface area contributed by atoms with E-state index < -0.39 is 0 Å². The van der Waals surface area contributed by atoms with E-state index in [2.05, 4.69) is 16.0 Å². The lowest BCUT2D eigenvalue weighted by Gasteiger charge is -2.28. The maximum Gasteiger partial charge on any atom is 0.410 e. The van der Waals surface area contributed by atoms with Crippen LogP contribution >= 0.6 is 0 Å². The Morgan fingerprint density at radius 1 is 1.32 bits per heavy atom. The molecule has 2 atom stereocenters. The number of pyridine rings is 1. The van der Waals surface area contributed by atoms with Crippen LogP contribution in [0.3, 0.4) is 0 Å².